The lowest BCUT2D eigenvalue weighted by molar-refractivity contribution is -0.120. The SMILES string of the molecule is O=CC1C(C(=O)NN2CCCCC2)=NN(c2ccc(Cl)cc2Cl)C1c1ccc(Br)s1. The first-order valence-electron chi connectivity index (χ1n) is 9.57. The number of hydrogen-bond acceptors (Lipinski definition) is 6. The number of carbonyl (C=O) groups is 2. The fourth-order valence-corrected chi connectivity index (χ4v) is 5.80. The van der Waals surface area contributed by atoms with Crippen molar-refractivity contribution in [3.63, 3.8) is 0 Å². The number of benzene rings is 1. The van der Waals surface area contributed by atoms with Gasteiger partial charge in [-0.05, 0) is 59.1 Å². The molecule has 2 aromatic rings. The van der Waals surface area contributed by atoms with E-state index in [1.54, 1.807) is 23.2 Å². The molecule has 2 unspecified atom stereocenters. The third-order valence-corrected chi connectivity index (χ3v) is 7.40. The second-order valence-electron chi connectivity index (χ2n) is 7.16. The predicted molar refractivity (Wildman–Crippen MR) is 124 cm³/mol. The quantitative estimate of drug-likeness (QED) is 0.549. The van der Waals surface area contributed by atoms with E-state index >= 15 is 0 Å². The van der Waals surface area contributed by atoms with Gasteiger partial charge in [0.1, 0.15) is 18.0 Å². The van der Waals surface area contributed by atoms with Crippen LogP contribution in [0, 0.1) is 5.92 Å². The van der Waals surface area contributed by atoms with Crippen LogP contribution in [0.15, 0.2) is 39.2 Å². The Morgan fingerprint density at radius 3 is 2.60 bits per heavy atom. The summed E-state index contributed by atoms with van der Waals surface area (Å²) in [5.41, 5.74) is 3.68. The summed E-state index contributed by atoms with van der Waals surface area (Å²) in [5, 5.41) is 9.02. The van der Waals surface area contributed by atoms with Crippen LogP contribution in [0.5, 0.6) is 0 Å². The summed E-state index contributed by atoms with van der Waals surface area (Å²) < 4.78 is 0.926. The standard InChI is InChI=1S/C20H19BrCl2N4O2S/c21-17-7-6-16(30-17)19-13(11-28)18(20(29)25-26-8-2-1-3-9-26)24-27(19)15-5-4-12(22)10-14(15)23/h4-7,10-11,13,19H,1-3,8-9H2,(H,25,29). The average Bonchev–Trinajstić information content (AvgIpc) is 3.32. The topological polar surface area (TPSA) is 65.0 Å². The number of rotatable bonds is 5. The van der Waals surface area contributed by atoms with E-state index in [2.05, 4.69) is 26.5 Å². The Kier molecular flexibility index (Phi) is 6.79. The zero-order valence-corrected chi connectivity index (χ0v) is 19.8. The molecule has 1 N–H and O–H groups in total. The molecule has 0 spiro atoms. The summed E-state index contributed by atoms with van der Waals surface area (Å²) in [6.07, 6.45) is 4.00. The number of anilines is 1. The molecular formula is C20H19BrCl2N4O2S. The van der Waals surface area contributed by atoms with E-state index in [1.807, 2.05) is 17.1 Å². The van der Waals surface area contributed by atoms with Crippen LogP contribution >= 0.6 is 50.5 Å². The molecule has 0 aliphatic carbocycles. The molecule has 10 heteroatoms. The van der Waals surface area contributed by atoms with Crippen LogP contribution in [0.2, 0.25) is 10.0 Å². The molecule has 6 nitrogen and oxygen atoms in total. The number of halogens is 3. The van der Waals surface area contributed by atoms with Crippen LogP contribution in [-0.4, -0.2) is 36.0 Å². The van der Waals surface area contributed by atoms with E-state index in [0.29, 0.717) is 15.7 Å². The molecule has 0 radical (unpaired) electrons. The summed E-state index contributed by atoms with van der Waals surface area (Å²) in [4.78, 5) is 26.1. The second-order valence-corrected chi connectivity index (χ2v) is 10.5. The van der Waals surface area contributed by atoms with Crippen LogP contribution in [0.3, 0.4) is 0 Å². The molecule has 2 aliphatic heterocycles. The van der Waals surface area contributed by atoms with Gasteiger partial charge in [-0.15, -0.1) is 11.3 Å². The first-order valence-corrected chi connectivity index (χ1v) is 11.9. The molecule has 4 rings (SSSR count). The molecule has 2 atom stereocenters. The minimum absolute atomic E-state index is 0.177. The molecule has 1 aromatic carbocycles. The highest BCUT2D eigenvalue weighted by atomic mass is 79.9. The van der Waals surface area contributed by atoms with Gasteiger partial charge in [0, 0.05) is 23.0 Å². The number of carbonyl (C=O) groups excluding carboxylic acids is 2. The average molecular weight is 530 g/mol. The molecule has 3 heterocycles. The van der Waals surface area contributed by atoms with Gasteiger partial charge < -0.3 is 4.79 Å². The van der Waals surface area contributed by atoms with Crippen molar-refractivity contribution in [3.8, 4) is 0 Å². The van der Waals surface area contributed by atoms with E-state index in [4.69, 9.17) is 23.2 Å². The number of thiophene rings is 1. The van der Waals surface area contributed by atoms with E-state index in [9.17, 15) is 9.59 Å². The van der Waals surface area contributed by atoms with Gasteiger partial charge in [-0.2, -0.15) is 5.10 Å². The van der Waals surface area contributed by atoms with Crippen LogP contribution in [0.1, 0.15) is 30.2 Å². The lowest BCUT2D eigenvalue weighted by Crippen LogP contribution is -2.48. The van der Waals surface area contributed by atoms with Crippen molar-refractivity contribution in [2.45, 2.75) is 25.3 Å². The molecule has 30 heavy (non-hydrogen) atoms. The van der Waals surface area contributed by atoms with Crippen LogP contribution in [-0.2, 0) is 9.59 Å². The van der Waals surface area contributed by atoms with Crippen molar-refractivity contribution in [2.24, 2.45) is 11.0 Å². The summed E-state index contributed by atoms with van der Waals surface area (Å²) in [5.74, 6) is -1.09. The Morgan fingerprint density at radius 2 is 1.97 bits per heavy atom. The maximum absolute atomic E-state index is 13.1. The number of aldehydes is 1. The van der Waals surface area contributed by atoms with Gasteiger partial charge in [-0.25, -0.2) is 5.01 Å². The van der Waals surface area contributed by atoms with Gasteiger partial charge in [0.05, 0.1) is 20.4 Å². The van der Waals surface area contributed by atoms with Gasteiger partial charge in [0.15, 0.2) is 0 Å². The van der Waals surface area contributed by atoms with Gasteiger partial charge in [-0.3, -0.25) is 15.2 Å². The zero-order chi connectivity index (χ0) is 21.3. The zero-order valence-electron chi connectivity index (χ0n) is 15.9. The highest BCUT2D eigenvalue weighted by Gasteiger charge is 2.43. The maximum Gasteiger partial charge on any atom is 0.282 e. The van der Waals surface area contributed by atoms with Gasteiger partial charge in [0.25, 0.3) is 5.91 Å². The summed E-state index contributed by atoms with van der Waals surface area (Å²) in [6, 6.07) is 8.44. The van der Waals surface area contributed by atoms with Crippen molar-refractivity contribution in [3.05, 3.63) is 49.0 Å². The fraction of sp³-hybridized carbons (Fsp3) is 0.350. The van der Waals surface area contributed by atoms with Crippen molar-refractivity contribution in [1.82, 2.24) is 10.4 Å². The highest BCUT2D eigenvalue weighted by Crippen LogP contribution is 2.44. The molecule has 1 saturated heterocycles. The number of piperidine rings is 1. The third kappa shape index (κ3) is 4.43. The number of nitrogens with one attached hydrogen (secondary N) is 1. The van der Waals surface area contributed by atoms with E-state index in [-0.39, 0.29) is 11.6 Å². The molecule has 1 amide bonds. The Morgan fingerprint density at radius 1 is 1.20 bits per heavy atom. The summed E-state index contributed by atoms with van der Waals surface area (Å²) in [7, 11) is 0. The Labute approximate surface area is 196 Å². The van der Waals surface area contributed by atoms with E-state index < -0.39 is 12.0 Å². The number of hydrogen-bond donors (Lipinski definition) is 1. The van der Waals surface area contributed by atoms with Gasteiger partial charge in [-0.1, -0.05) is 29.6 Å². The normalized spacial score (nSPS) is 22.1. The molecular weight excluding hydrogens is 511 g/mol. The van der Waals surface area contributed by atoms with Crippen LogP contribution in [0.4, 0.5) is 5.69 Å². The van der Waals surface area contributed by atoms with Crippen molar-refractivity contribution < 1.29 is 9.59 Å². The number of hydrazone groups is 1. The van der Waals surface area contributed by atoms with Gasteiger partial charge >= 0.3 is 0 Å². The smallest absolute Gasteiger partial charge is 0.282 e. The first kappa shape index (κ1) is 21.8. The third-order valence-electron chi connectivity index (χ3n) is 5.17. The lowest BCUT2D eigenvalue weighted by atomic mass is 9.95. The van der Waals surface area contributed by atoms with E-state index in [0.717, 1.165) is 47.3 Å². The Hall–Kier alpha value is -1.45. The minimum atomic E-state index is -0.730. The lowest BCUT2D eigenvalue weighted by Gasteiger charge is -2.27. The molecule has 2 aliphatic rings. The number of nitrogens with zero attached hydrogens (tertiary/aromatic N) is 3. The largest absolute Gasteiger partial charge is 0.303 e. The second kappa shape index (κ2) is 9.36. The van der Waals surface area contributed by atoms with Crippen LogP contribution in [0.25, 0.3) is 0 Å². The Balaban J connectivity index is 1.71. The first-order chi connectivity index (χ1) is 14.5. The molecule has 0 bridgehead atoms. The van der Waals surface area contributed by atoms with Crippen LogP contribution < -0.4 is 10.4 Å². The van der Waals surface area contributed by atoms with Gasteiger partial charge in [0.2, 0.25) is 0 Å². The van der Waals surface area contributed by atoms with Crippen molar-refractivity contribution in [1.29, 1.82) is 0 Å². The maximum atomic E-state index is 13.1. The number of amides is 1. The summed E-state index contributed by atoms with van der Waals surface area (Å²) in [6.45, 7) is 1.58. The molecule has 0 saturated carbocycles. The van der Waals surface area contributed by atoms with E-state index in [1.165, 1.54) is 11.3 Å². The number of hydrazine groups is 1. The molecule has 158 valence electrons. The highest BCUT2D eigenvalue weighted by molar-refractivity contribution is 9.11. The molecule has 1 aromatic heterocycles. The van der Waals surface area contributed by atoms with Crippen molar-refractivity contribution in [2.75, 3.05) is 18.1 Å². The van der Waals surface area contributed by atoms with Crippen molar-refractivity contribution >= 4 is 74.1 Å². The molecule has 1 fully saturated rings. The monoisotopic (exact) mass is 528 g/mol. The fourth-order valence-electron chi connectivity index (χ4n) is 3.74. The minimum Gasteiger partial charge on any atom is -0.303 e. The summed E-state index contributed by atoms with van der Waals surface area (Å²) >= 11 is 17.5. The Bertz CT molecular complexity index is 993. The predicted octanol–water partition coefficient (Wildman–Crippen LogP) is 5.07.